The van der Waals surface area contributed by atoms with Gasteiger partial charge in [0.1, 0.15) is 0 Å². The van der Waals surface area contributed by atoms with Crippen molar-refractivity contribution in [1.29, 1.82) is 0 Å². The van der Waals surface area contributed by atoms with Gasteiger partial charge in [0.15, 0.2) is 5.65 Å². The maximum atomic E-state index is 13.3. The average molecular weight is 448 g/mol. The van der Waals surface area contributed by atoms with Crippen LogP contribution in [0.5, 0.6) is 0 Å². The molecule has 1 saturated heterocycles. The van der Waals surface area contributed by atoms with Crippen molar-refractivity contribution in [1.82, 2.24) is 24.4 Å². The molecule has 1 unspecified atom stereocenters. The standard InChI is InChI=1S/C26H33N5O2/c1-18(2)29-15-13-21-20(17-29)26(33)31-24(27-21)16-22(28-31)23-10-6-7-14-30(23)25(32)12-11-19-8-4-3-5-9-19/h3-5,8-9,16,18,23,28H,6-7,10-15,17H2,1-2H3. The maximum Gasteiger partial charge on any atom is 0.277 e. The average Bonchev–Trinajstić information content (AvgIpc) is 3.27. The fourth-order valence-corrected chi connectivity index (χ4v) is 5.23. The third kappa shape index (κ3) is 4.34. The van der Waals surface area contributed by atoms with E-state index < -0.39 is 0 Å². The van der Waals surface area contributed by atoms with Gasteiger partial charge in [-0.1, -0.05) is 30.3 Å². The topological polar surface area (TPSA) is 73.7 Å². The number of aryl methyl sites for hydroxylation is 1. The first-order valence-corrected chi connectivity index (χ1v) is 12.2. The Labute approximate surface area is 194 Å². The monoisotopic (exact) mass is 447 g/mol. The minimum atomic E-state index is -0.0349. The molecule has 7 nitrogen and oxygen atoms in total. The molecule has 0 radical (unpaired) electrons. The van der Waals surface area contributed by atoms with Gasteiger partial charge in [0, 0.05) is 44.6 Å². The normalized spacial score (nSPS) is 19.2. The summed E-state index contributed by atoms with van der Waals surface area (Å²) in [4.78, 5) is 35.6. The Morgan fingerprint density at radius 2 is 2.00 bits per heavy atom. The van der Waals surface area contributed by atoms with E-state index in [0.717, 1.165) is 62.1 Å². The van der Waals surface area contributed by atoms with Crippen LogP contribution >= 0.6 is 0 Å². The molecule has 1 N–H and O–H groups in total. The molecular weight excluding hydrogens is 414 g/mol. The van der Waals surface area contributed by atoms with Gasteiger partial charge in [0.25, 0.3) is 5.56 Å². The van der Waals surface area contributed by atoms with Gasteiger partial charge in [-0.2, -0.15) is 0 Å². The third-order valence-corrected chi connectivity index (χ3v) is 7.19. The highest BCUT2D eigenvalue weighted by Gasteiger charge is 2.30. The number of hydrogen-bond donors (Lipinski definition) is 1. The lowest BCUT2D eigenvalue weighted by Crippen LogP contribution is -2.40. The van der Waals surface area contributed by atoms with Gasteiger partial charge in [-0.05, 0) is 45.1 Å². The van der Waals surface area contributed by atoms with Gasteiger partial charge in [-0.3, -0.25) is 19.6 Å². The summed E-state index contributed by atoms with van der Waals surface area (Å²) in [6, 6.07) is 12.5. The van der Waals surface area contributed by atoms with E-state index >= 15 is 0 Å². The number of piperidine rings is 1. The lowest BCUT2D eigenvalue weighted by Gasteiger charge is -2.35. The van der Waals surface area contributed by atoms with Crippen molar-refractivity contribution in [3.63, 3.8) is 0 Å². The van der Waals surface area contributed by atoms with Crippen molar-refractivity contribution in [3.05, 3.63) is 69.3 Å². The number of H-pyrrole nitrogens is 1. The van der Waals surface area contributed by atoms with Crippen LogP contribution in [0.25, 0.3) is 5.65 Å². The van der Waals surface area contributed by atoms with Gasteiger partial charge in [-0.25, -0.2) is 9.50 Å². The number of carbonyl (C=O) groups is 1. The Hall–Kier alpha value is -2.93. The predicted octanol–water partition coefficient (Wildman–Crippen LogP) is 3.48. The number of nitrogens with one attached hydrogen (secondary N) is 1. The molecule has 0 bridgehead atoms. The highest BCUT2D eigenvalue weighted by molar-refractivity contribution is 5.77. The van der Waals surface area contributed by atoms with Crippen LogP contribution in [-0.4, -0.2) is 49.4 Å². The molecular formula is C26H33N5O2. The van der Waals surface area contributed by atoms with Gasteiger partial charge < -0.3 is 4.90 Å². The molecule has 1 fully saturated rings. The highest BCUT2D eigenvalue weighted by atomic mass is 16.2. The minimum absolute atomic E-state index is 0.00985. The van der Waals surface area contributed by atoms with Crippen LogP contribution in [0.15, 0.2) is 41.2 Å². The summed E-state index contributed by atoms with van der Waals surface area (Å²) in [6.07, 6.45) is 5.04. The quantitative estimate of drug-likeness (QED) is 0.650. The fourth-order valence-electron chi connectivity index (χ4n) is 5.23. The van der Waals surface area contributed by atoms with Crippen molar-refractivity contribution in [2.75, 3.05) is 13.1 Å². The summed E-state index contributed by atoms with van der Waals surface area (Å²) in [5, 5.41) is 3.32. The lowest BCUT2D eigenvalue weighted by atomic mass is 9.98. The highest BCUT2D eigenvalue weighted by Crippen LogP contribution is 2.31. The van der Waals surface area contributed by atoms with Crippen molar-refractivity contribution in [3.8, 4) is 0 Å². The molecule has 0 saturated carbocycles. The second-order valence-corrected chi connectivity index (χ2v) is 9.65. The molecule has 174 valence electrons. The minimum Gasteiger partial charge on any atom is -0.334 e. The summed E-state index contributed by atoms with van der Waals surface area (Å²) in [7, 11) is 0. The first-order valence-electron chi connectivity index (χ1n) is 12.2. The number of fused-ring (bicyclic) bond motifs is 2. The van der Waals surface area contributed by atoms with Crippen LogP contribution in [-0.2, 0) is 24.2 Å². The first-order chi connectivity index (χ1) is 16.0. The molecule has 1 aromatic carbocycles. The lowest BCUT2D eigenvalue weighted by molar-refractivity contribution is -0.135. The van der Waals surface area contributed by atoms with E-state index in [-0.39, 0.29) is 17.5 Å². The number of aromatic nitrogens is 3. The Morgan fingerprint density at radius 3 is 2.79 bits per heavy atom. The van der Waals surface area contributed by atoms with E-state index in [2.05, 4.69) is 36.0 Å². The zero-order valence-corrected chi connectivity index (χ0v) is 19.6. The Morgan fingerprint density at radius 1 is 1.18 bits per heavy atom. The summed E-state index contributed by atoms with van der Waals surface area (Å²) >= 11 is 0. The third-order valence-electron chi connectivity index (χ3n) is 7.19. The second-order valence-electron chi connectivity index (χ2n) is 9.65. The van der Waals surface area contributed by atoms with Gasteiger partial charge in [0.2, 0.25) is 5.91 Å². The molecule has 0 aliphatic carbocycles. The van der Waals surface area contributed by atoms with Crippen molar-refractivity contribution < 1.29 is 4.79 Å². The van der Waals surface area contributed by atoms with E-state index in [1.165, 1.54) is 5.56 Å². The number of rotatable bonds is 5. The van der Waals surface area contributed by atoms with Crippen LogP contribution in [0.4, 0.5) is 0 Å². The van der Waals surface area contributed by atoms with Crippen LogP contribution in [0.3, 0.4) is 0 Å². The largest absolute Gasteiger partial charge is 0.334 e. The number of nitrogens with zero attached hydrogens (tertiary/aromatic N) is 4. The number of hydrogen-bond acceptors (Lipinski definition) is 4. The molecule has 2 aliphatic rings. The second kappa shape index (κ2) is 9.14. The van der Waals surface area contributed by atoms with E-state index in [1.807, 2.05) is 29.2 Å². The fraction of sp³-hybridized carbons (Fsp3) is 0.500. The molecule has 2 aliphatic heterocycles. The van der Waals surface area contributed by atoms with Crippen molar-refractivity contribution >= 4 is 11.6 Å². The van der Waals surface area contributed by atoms with E-state index in [4.69, 9.17) is 4.98 Å². The van der Waals surface area contributed by atoms with Gasteiger partial charge in [0.05, 0.1) is 23.0 Å². The Balaban J connectivity index is 1.40. The number of benzene rings is 1. The van der Waals surface area contributed by atoms with Crippen LogP contribution in [0.1, 0.15) is 68.1 Å². The predicted molar refractivity (Wildman–Crippen MR) is 128 cm³/mol. The van der Waals surface area contributed by atoms with E-state index in [9.17, 15) is 9.59 Å². The summed E-state index contributed by atoms with van der Waals surface area (Å²) in [5.41, 5.74) is 4.46. The number of amides is 1. The van der Waals surface area contributed by atoms with E-state index in [0.29, 0.717) is 24.7 Å². The molecule has 1 amide bonds. The first kappa shape index (κ1) is 21.9. The molecule has 4 heterocycles. The maximum absolute atomic E-state index is 13.3. The number of likely N-dealkylation sites (tertiary alicyclic amines) is 1. The molecule has 2 aromatic heterocycles. The smallest absolute Gasteiger partial charge is 0.277 e. The summed E-state index contributed by atoms with van der Waals surface area (Å²) < 4.78 is 1.58. The molecule has 1 atom stereocenters. The Bertz CT molecular complexity index is 1200. The SMILES string of the molecule is CC(C)N1CCc2nc3cc(C4CCCCN4C(=O)CCc4ccccc4)[nH]n3c(=O)c2C1. The number of aromatic amines is 1. The van der Waals surface area contributed by atoms with Crippen molar-refractivity contribution in [2.45, 2.75) is 71.0 Å². The molecule has 5 rings (SSSR count). The molecule has 7 heteroatoms. The Kier molecular flexibility index (Phi) is 6.06. The molecule has 3 aromatic rings. The molecule has 0 spiro atoms. The van der Waals surface area contributed by atoms with E-state index in [1.54, 1.807) is 4.52 Å². The van der Waals surface area contributed by atoms with Gasteiger partial charge in [-0.15, -0.1) is 0 Å². The van der Waals surface area contributed by atoms with Crippen LogP contribution < -0.4 is 5.56 Å². The van der Waals surface area contributed by atoms with Gasteiger partial charge >= 0.3 is 0 Å². The molecule has 33 heavy (non-hydrogen) atoms. The van der Waals surface area contributed by atoms with Crippen LogP contribution in [0, 0.1) is 0 Å². The summed E-state index contributed by atoms with van der Waals surface area (Å²) in [5.74, 6) is 0.175. The van der Waals surface area contributed by atoms with Crippen molar-refractivity contribution in [2.24, 2.45) is 0 Å². The zero-order chi connectivity index (χ0) is 22.9. The summed E-state index contributed by atoms with van der Waals surface area (Å²) in [6.45, 7) is 6.65. The van der Waals surface area contributed by atoms with Crippen LogP contribution in [0.2, 0.25) is 0 Å². The zero-order valence-electron chi connectivity index (χ0n) is 19.6. The number of carbonyl (C=O) groups excluding carboxylic acids is 1.